The van der Waals surface area contributed by atoms with Crippen LogP contribution in [0.25, 0.3) is 0 Å². The summed E-state index contributed by atoms with van der Waals surface area (Å²) >= 11 is 0. The average Bonchev–Trinajstić information content (AvgIpc) is 2.92. The van der Waals surface area contributed by atoms with Crippen LogP contribution in [0.4, 0.5) is 0 Å². The summed E-state index contributed by atoms with van der Waals surface area (Å²) in [5.41, 5.74) is 2.16. The lowest BCUT2D eigenvalue weighted by Gasteiger charge is -2.32. The summed E-state index contributed by atoms with van der Waals surface area (Å²) in [6.07, 6.45) is 9.12. The third-order valence-corrected chi connectivity index (χ3v) is 4.52. The zero-order valence-corrected chi connectivity index (χ0v) is 13.9. The molecule has 3 rings (SSSR count). The first-order valence-corrected chi connectivity index (χ1v) is 8.30. The summed E-state index contributed by atoms with van der Waals surface area (Å²) < 4.78 is 2.10. The molecule has 1 fully saturated rings. The van der Waals surface area contributed by atoms with Crippen molar-refractivity contribution in [2.24, 2.45) is 7.05 Å². The first-order chi connectivity index (χ1) is 11.1. The number of rotatable bonds is 4. The van der Waals surface area contributed by atoms with Gasteiger partial charge < -0.3 is 9.47 Å². The van der Waals surface area contributed by atoms with Crippen molar-refractivity contribution in [3.63, 3.8) is 0 Å². The zero-order chi connectivity index (χ0) is 16.2. The van der Waals surface area contributed by atoms with Crippen LogP contribution >= 0.6 is 0 Å². The molecule has 0 aromatic carbocycles. The number of nitrogens with zero attached hydrogens (tertiary/aromatic N) is 4. The number of aromatic nitrogens is 3. The molecule has 3 heterocycles. The van der Waals surface area contributed by atoms with E-state index in [2.05, 4.69) is 20.7 Å². The van der Waals surface area contributed by atoms with Gasteiger partial charge in [-0.2, -0.15) is 0 Å². The van der Waals surface area contributed by atoms with Gasteiger partial charge >= 0.3 is 0 Å². The van der Waals surface area contributed by atoms with Crippen LogP contribution in [-0.2, 0) is 18.3 Å². The van der Waals surface area contributed by atoms with E-state index in [1.807, 2.05) is 37.2 Å². The number of pyridine rings is 1. The Morgan fingerprint density at radius 1 is 1.43 bits per heavy atom. The fourth-order valence-electron chi connectivity index (χ4n) is 3.38. The molecule has 0 N–H and O–H groups in total. The molecule has 0 saturated carbocycles. The van der Waals surface area contributed by atoms with Crippen LogP contribution in [0.2, 0.25) is 0 Å². The molecule has 23 heavy (non-hydrogen) atoms. The van der Waals surface area contributed by atoms with Crippen LogP contribution in [-0.4, -0.2) is 38.4 Å². The van der Waals surface area contributed by atoms with Gasteiger partial charge in [-0.05, 0) is 37.8 Å². The summed E-state index contributed by atoms with van der Waals surface area (Å²) in [6, 6.07) is 3.94. The molecule has 0 aliphatic carbocycles. The Morgan fingerprint density at radius 3 is 3.00 bits per heavy atom. The lowest BCUT2D eigenvalue weighted by atomic mass is 9.96. The summed E-state index contributed by atoms with van der Waals surface area (Å²) in [7, 11) is 2.04. The third kappa shape index (κ3) is 3.78. The molecule has 1 saturated heterocycles. The maximum absolute atomic E-state index is 12.5. The summed E-state index contributed by atoms with van der Waals surface area (Å²) in [4.78, 5) is 23.3. The molecule has 5 nitrogen and oxygen atoms in total. The Bertz CT molecular complexity index is 665. The molecule has 0 unspecified atom stereocenters. The van der Waals surface area contributed by atoms with Crippen molar-refractivity contribution in [1.29, 1.82) is 0 Å². The minimum atomic E-state index is 0.240. The van der Waals surface area contributed by atoms with E-state index in [1.54, 1.807) is 6.20 Å². The predicted molar refractivity (Wildman–Crippen MR) is 89.1 cm³/mol. The molecule has 1 aliphatic heterocycles. The van der Waals surface area contributed by atoms with Gasteiger partial charge in [-0.3, -0.25) is 9.78 Å². The third-order valence-electron chi connectivity index (χ3n) is 4.52. The monoisotopic (exact) mass is 312 g/mol. The molecule has 0 spiro atoms. The van der Waals surface area contributed by atoms with Gasteiger partial charge in [0.25, 0.3) is 0 Å². The van der Waals surface area contributed by atoms with Gasteiger partial charge in [0, 0.05) is 51.1 Å². The molecule has 122 valence electrons. The first kappa shape index (κ1) is 15.7. The van der Waals surface area contributed by atoms with Crippen molar-refractivity contribution in [2.75, 3.05) is 13.1 Å². The van der Waals surface area contributed by atoms with E-state index >= 15 is 0 Å². The second kappa shape index (κ2) is 6.94. The maximum Gasteiger partial charge on any atom is 0.222 e. The molecule has 5 heteroatoms. The zero-order valence-electron chi connectivity index (χ0n) is 13.9. The number of likely N-dealkylation sites (tertiary alicyclic amines) is 1. The van der Waals surface area contributed by atoms with Crippen LogP contribution in [0, 0.1) is 6.92 Å². The number of imidazole rings is 1. The molecule has 1 atom stereocenters. The van der Waals surface area contributed by atoms with Crippen molar-refractivity contribution in [2.45, 2.75) is 38.5 Å². The summed E-state index contributed by atoms with van der Waals surface area (Å²) in [6.45, 7) is 3.67. The Balaban J connectivity index is 1.59. The quantitative estimate of drug-likeness (QED) is 0.871. The van der Waals surface area contributed by atoms with E-state index in [-0.39, 0.29) is 5.91 Å². The Morgan fingerprint density at radius 2 is 2.30 bits per heavy atom. The largest absolute Gasteiger partial charge is 0.342 e. The topological polar surface area (TPSA) is 51.0 Å². The maximum atomic E-state index is 12.5. The average molecular weight is 312 g/mol. The molecular formula is C18H24N4O. The van der Waals surface area contributed by atoms with Gasteiger partial charge in [-0.25, -0.2) is 4.98 Å². The molecule has 0 radical (unpaired) electrons. The molecule has 2 aromatic heterocycles. The number of piperidine rings is 1. The van der Waals surface area contributed by atoms with E-state index in [1.165, 1.54) is 0 Å². The Kier molecular flexibility index (Phi) is 4.74. The molecule has 1 amide bonds. The van der Waals surface area contributed by atoms with Crippen molar-refractivity contribution >= 4 is 5.91 Å². The number of aryl methyl sites for hydroxylation is 3. The van der Waals surface area contributed by atoms with Gasteiger partial charge in [-0.15, -0.1) is 0 Å². The number of amides is 1. The van der Waals surface area contributed by atoms with Gasteiger partial charge in [0.15, 0.2) is 0 Å². The molecular weight excluding hydrogens is 288 g/mol. The highest BCUT2D eigenvalue weighted by molar-refractivity contribution is 5.76. The van der Waals surface area contributed by atoms with Crippen LogP contribution in [0.15, 0.2) is 30.7 Å². The summed E-state index contributed by atoms with van der Waals surface area (Å²) in [5, 5.41) is 0. The lowest BCUT2D eigenvalue weighted by Crippen LogP contribution is -2.39. The predicted octanol–water partition coefficient (Wildman–Crippen LogP) is 2.46. The number of carbonyl (C=O) groups is 1. The van der Waals surface area contributed by atoms with Crippen molar-refractivity contribution in [3.05, 3.63) is 47.8 Å². The first-order valence-electron chi connectivity index (χ1n) is 8.30. The lowest BCUT2D eigenvalue weighted by molar-refractivity contribution is -0.132. The normalized spacial score (nSPS) is 18.2. The Labute approximate surface area is 137 Å². The highest BCUT2D eigenvalue weighted by Crippen LogP contribution is 2.26. The van der Waals surface area contributed by atoms with Gasteiger partial charge in [0.2, 0.25) is 5.91 Å². The fourth-order valence-corrected chi connectivity index (χ4v) is 3.38. The van der Waals surface area contributed by atoms with Crippen LogP contribution in [0.3, 0.4) is 0 Å². The SMILES string of the molecule is Cc1cn(C)c([C@@H]2CCCN(C(=O)CCc3cccnc3)C2)n1. The van der Waals surface area contributed by atoms with E-state index in [0.29, 0.717) is 12.3 Å². The van der Waals surface area contributed by atoms with Crippen LogP contribution < -0.4 is 0 Å². The standard InChI is InChI=1S/C18H24N4O/c1-14-12-21(2)18(20-14)16-6-4-10-22(13-16)17(23)8-7-15-5-3-9-19-11-15/h3,5,9,11-12,16H,4,6-8,10,13H2,1-2H3/t16-/m1/s1. The molecule has 0 bridgehead atoms. The van der Waals surface area contributed by atoms with Gasteiger partial charge in [0.05, 0.1) is 5.69 Å². The highest BCUT2D eigenvalue weighted by Gasteiger charge is 2.27. The minimum absolute atomic E-state index is 0.240. The van der Waals surface area contributed by atoms with Crippen molar-refractivity contribution in [1.82, 2.24) is 19.4 Å². The smallest absolute Gasteiger partial charge is 0.222 e. The van der Waals surface area contributed by atoms with E-state index in [0.717, 1.165) is 49.4 Å². The number of carbonyl (C=O) groups excluding carboxylic acids is 1. The molecule has 2 aromatic rings. The number of hydrogen-bond donors (Lipinski definition) is 0. The van der Waals surface area contributed by atoms with E-state index < -0.39 is 0 Å². The van der Waals surface area contributed by atoms with E-state index in [4.69, 9.17) is 0 Å². The minimum Gasteiger partial charge on any atom is -0.342 e. The second-order valence-electron chi connectivity index (χ2n) is 6.39. The Hall–Kier alpha value is -2.17. The fraction of sp³-hybridized carbons (Fsp3) is 0.500. The van der Waals surface area contributed by atoms with Crippen LogP contribution in [0.1, 0.15) is 42.3 Å². The number of hydrogen-bond acceptors (Lipinski definition) is 3. The van der Waals surface area contributed by atoms with Crippen molar-refractivity contribution in [3.8, 4) is 0 Å². The van der Waals surface area contributed by atoms with Gasteiger partial charge in [-0.1, -0.05) is 6.07 Å². The molecule has 1 aliphatic rings. The second-order valence-corrected chi connectivity index (χ2v) is 6.39. The van der Waals surface area contributed by atoms with Crippen molar-refractivity contribution < 1.29 is 4.79 Å². The van der Waals surface area contributed by atoms with E-state index in [9.17, 15) is 4.79 Å². The highest BCUT2D eigenvalue weighted by atomic mass is 16.2. The summed E-state index contributed by atoms with van der Waals surface area (Å²) in [5.74, 6) is 1.70. The van der Waals surface area contributed by atoms with Crippen LogP contribution in [0.5, 0.6) is 0 Å². The van der Waals surface area contributed by atoms with Gasteiger partial charge in [0.1, 0.15) is 5.82 Å².